The molecule has 194 valence electrons. The molecule has 1 saturated heterocycles. The van der Waals surface area contributed by atoms with E-state index >= 15 is 0 Å². The van der Waals surface area contributed by atoms with Gasteiger partial charge in [-0.25, -0.2) is 18.1 Å². The van der Waals surface area contributed by atoms with E-state index in [1.807, 2.05) is 0 Å². The molecule has 5 rings (SSSR count). The van der Waals surface area contributed by atoms with Crippen LogP contribution in [0.1, 0.15) is 31.0 Å². The monoisotopic (exact) mass is 570 g/mol. The van der Waals surface area contributed by atoms with Crippen molar-refractivity contribution < 1.29 is 33.6 Å². The Bertz CT molecular complexity index is 1240. The number of hydrogen-bond donors (Lipinski definition) is 3. The zero-order valence-corrected chi connectivity index (χ0v) is 20.8. The van der Waals surface area contributed by atoms with Crippen molar-refractivity contribution >= 4 is 15.9 Å². The minimum Gasteiger partial charge on any atom is -0.394 e. The molecule has 11 nitrogen and oxygen atoms in total. The van der Waals surface area contributed by atoms with Crippen LogP contribution in [-0.4, -0.2) is 83.4 Å². The first-order valence-corrected chi connectivity index (χ1v) is 12.2. The standard InChI is InChI=1S/C22H25BrF2N6O5/c1-35-21-14(8-30-9-16(27-28-30)22(34)5-2-6-22)36-15(10-32)20(33)19(21)31-7-13(26-29-31)11-3-4-12(23)18(25)17(11)24/h3-4,7,9,14-15,19-21,32-34H,2,5-6,8,10H2,1H3/t14-,15-,19+,20+,21+/m1/s1. The van der Waals surface area contributed by atoms with Gasteiger partial charge in [0, 0.05) is 12.7 Å². The van der Waals surface area contributed by atoms with E-state index in [4.69, 9.17) is 9.47 Å². The number of aliphatic hydroxyl groups excluding tert-OH is 2. The van der Waals surface area contributed by atoms with Gasteiger partial charge in [0.15, 0.2) is 11.6 Å². The molecule has 0 unspecified atom stereocenters. The number of benzene rings is 1. The lowest BCUT2D eigenvalue weighted by atomic mass is 9.78. The van der Waals surface area contributed by atoms with Crippen LogP contribution < -0.4 is 0 Å². The molecule has 36 heavy (non-hydrogen) atoms. The van der Waals surface area contributed by atoms with Gasteiger partial charge >= 0.3 is 0 Å². The summed E-state index contributed by atoms with van der Waals surface area (Å²) in [7, 11) is 1.44. The zero-order chi connectivity index (χ0) is 25.6. The minimum absolute atomic E-state index is 0.0234. The second-order valence-corrected chi connectivity index (χ2v) is 9.95. The van der Waals surface area contributed by atoms with E-state index in [0.717, 1.165) is 6.42 Å². The number of aliphatic hydroxyl groups is 3. The Morgan fingerprint density at radius 3 is 2.61 bits per heavy atom. The van der Waals surface area contributed by atoms with Crippen molar-refractivity contribution in [1.29, 1.82) is 0 Å². The quantitative estimate of drug-likeness (QED) is 0.359. The number of hydrogen-bond acceptors (Lipinski definition) is 9. The van der Waals surface area contributed by atoms with E-state index in [0.29, 0.717) is 18.5 Å². The lowest BCUT2D eigenvalue weighted by molar-refractivity contribution is -0.216. The topological polar surface area (TPSA) is 141 Å². The van der Waals surface area contributed by atoms with Crippen molar-refractivity contribution in [2.75, 3.05) is 13.7 Å². The predicted molar refractivity (Wildman–Crippen MR) is 122 cm³/mol. The first-order valence-electron chi connectivity index (χ1n) is 11.4. The number of aromatic nitrogens is 6. The van der Waals surface area contributed by atoms with E-state index in [9.17, 15) is 24.1 Å². The van der Waals surface area contributed by atoms with Crippen LogP contribution in [0.2, 0.25) is 0 Å². The Morgan fingerprint density at radius 1 is 1.17 bits per heavy atom. The van der Waals surface area contributed by atoms with Gasteiger partial charge < -0.3 is 24.8 Å². The van der Waals surface area contributed by atoms with E-state index in [2.05, 4.69) is 36.6 Å². The molecule has 0 radical (unpaired) electrons. The van der Waals surface area contributed by atoms with E-state index in [1.54, 1.807) is 6.20 Å². The molecule has 3 N–H and O–H groups in total. The first kappa shape index (κ1) is 25.3. The highest BCUT2D eigenvalue weighted by Gasteiger charge is 2.47. The maximum atomic E-state index is 14.5. The summed E-state index contributed by atoms with van der Waals surface area (Å²) >= 11 is 2.94. The van der Waals surface area contributed by atoms with Crippen LogP contribution in [0.4, 0.5) is 8.78 Å². The van der Waals surface area contributed by atoms with Crippen LogP contribution >= 0.6 is 15.9 Å². The van der Waals surface area contributed by atoms with Gasteiger partial charge in [-0.2, -0.15) is 0 Å². The van der Waals surface area contributed by atoms with Gasteiger partial charge in [-0.1, -0.05) is 10.4 Å². The summed E-state index contributed by atoms with van der Waals surface area (Å²) in [6, 6.07) is 1.84. The predicted octanol–water partition coefficient (Wildman–Crippen LogP) is 1.33. The molecule has 1 aliphatic heterocycles. The van der Waals surface area contributed by atoms with Crippen LogP contribution in [-0.2, 0) is 21.6 Å². The molecule has 14 heteroatoms. The number of methoxy groups -OCH3 is 1. The largest absolute Gasteiger partial charge is 0.394 e. The average molecular weight is 571 g/mol. The summed E-state index contributed by atoms with van der Waals surface area (Å²) < 4.78 is 43.0. The van der Waals surface area contributed by atoms with Crippen LogP contribution in [0.15, 0.2) is 29.0 Å². The Kier molecular flexibility index (Phi) is 6.91. The fourth-order valence-corrected chi connectivity index (χ4v) is 5.04. The highest BCUT2D eigenvalue weighted by molar-refractivity contribution is 9.10. The van der Waals surface area contributed by atoms with E-state index < -0.39 is 54.3 Å². The van der Waals surface area contributed by atoms with Gasteiger partial charge in [-0.3, -0.25) is 0 Å². The summed E-state index contributed by atoms with van der Waals surface area (Å²) in [5.74, 6) is -2.14. The highest BCUT2D eigenvalue weighted by Crippen LogP contribution is 2.40. The third-order valence-electron chi connectivity index (χ3n) is 6.93. The summed E-state index contributed by atoms with van der Waals surface area (Å²) in [6.45, 7) is -0.337. The maximum absolute atomic E-state index is 14.5. The van der Waals surface area contributed by atoms with Crippen molar-refractivity contribution in [1.82, 2.24) is 30.0 Å². The van der Waals surface area contributed by atoms with Gasteiger partial charge in [-0.05, 0) is 47.3 Å². The Labute approximate surface area is 212 Å². The smallest absolute Gasteiger partial charge is 0.173 e. The van der Waals surface area contributed by atoms with Crippen LogP contribution in [0, 0.1) is 11.6 Å². The number of halogens is 3. The van der Waals surface area contributed by atoms with E-state index in [1.165, 1.54) is 34.8 Å². The summed E-state index contributed by atoms with van der Waals surface area (Å²) in [4.78, 5) is 0. The minimum atomic E-state index is -1.25. The fourth-order valence-electron chi connectivity index (χ4n) is 4.74. The van der Waals surface area contributed by atoms with Gasteiger partial charge in [0.1, 0.15) is 47.4 Å². The number of nitrogens with zero attached hydrogens (tertiary/aromatic N) is 6. The molecule has 1 aromatic carbocycles. The molecular formula is C22H25BrF2N6O5. The van der Waals surface area contributed by atoms with Crippen LogP contribution in [0.25, 0.3) is 11.3 Å². The van der Waals surface area contributed by atoms with Gasteiger partial charge in [0.05, 0.1) is 30.0 Å². The lowest BCUT2D eigenvalue weighted by Gasteiger charge is -2.43. The second kappa shape index (κ2) is 9.84. The number of ether oxygens (including phenoxy) is 2. The van der Waals surface area contributed by atoms with Crippen molar-refractivity contribution in [2.24, 2.45) is 0 Å². The summed E-state index contributed by atoms with van der Waals surface area (Å²) in [5.41, 5.74) is -0.549. The van der Waals surface area contributed by atoms with Gasteiger partial charge in [0.2, 0.25) is 0 Å². The molecular weight excluding hydrogens is 546 g/mol. The normalized spacial score (nSPS) is 27.7. The van der Waals surface area contributed by atoms with Crippen LogP contribution in [0.5, 0.6) is 0 Å². The number of rotatable bonds is 7. The average Bonchev–Trinajstić information content (AvgIpc) is 3.52. The molecule has 0 spiro atoms. The second-order valence-electron chi connectivity index (χ2n) is 9.09. The molecule has 3 aromatic rings. The molecule has 5 atom stereocenters. The molecule has 2 aromatic heterocycles. The summed E-state index contributed by atoms with van der Waals surface area (Å²) in [6.07, 6.45) is 1.43. The molecule has 1 saturated carbocycles. The highest BCUT2D eigenvalue weighted by atomic mass is 79.9. The van der Waals surface area contributed by atoms with Crippen molar-refractivity contribution in [2.45, 2.75) is 61.9 Å². The SMILES string of the molecule is CO[C@@H]1[C@@H](n2cc(-c3ccc(Br)c(F)c3F)nn2)[C@@H](O)[C@@H](CO)O[C@@H]1Cn1cc(C2(O)CCC2)nn1. The van der Waals surface area contributed by atoms with Crippen molar-refractivity contribution in [3.05, 3.63) is 46.3 Å². The lowest BCUT2D eigenvalue weighted by Crippen LogP contribution is -2.57. The Hall–Kier alpha value is -2.36. The van der Waals surface area contributed by atoms with Crippen molar-refractivity contribution in [3.63, 3.8) is 0 Å². The summed E-state index contributed by atoms with van der Waals surface area (Å²) in [5, 5.41) is 47.6. The first-order chi connectivity index (χ1) is 17.3. The molecule has 3 heterocycles. The molecule has 1 aliphatic carbocycles. The van der Waals surface area contributed by atoms with E-state index in [-0.39, 0.29) is 22.3 Å². The third-order valence-corrected chi connectivity index (χ3v) is 7.54. The zero-order valence-electron chi connectivity index (χ0n) is 19.2. The van der Waals surface area contributed by atoms with Gasteiger partial charge in [-0.15, -0.1) is 10.2 Å². The molecule has 2 fully saturated rings. The molecule has 0 bridgehead atoms. The van der Waals surface area contributed by atoms with Crippen LogP contribution in [0.3, 0.4) is 0 Å². The van der Waals surface area contributed by atoms with Crippen molar-refractivity contribution in [3.8, 4) is 11.3 Å². The Balaban J connectivity index is 1.43. The van der Waals surface area contributed by atoms with Gasteiger partial charge in [0.25, 0.3) is 0 Å². The molecule has 2 aliphatic rings. The molecule has 0 amide bonds. The Morgan fingerprint density at radius 2 is 1.94 bits per heavy atom. The maximum Gasteiger partial charge on any atom is 0.173 e. The third kappa shape index (κ3) is 4.35. The fraction of sp³-hybridized carbons (Fsp3) is 0.545.